The predicted octanol–water partition coefficient (Wildman–Crippen LogP) is 4.50. The van der Waals surface area contributed by atoms with Crippen molar-refractivity contribution in [3.63, 3.8) is 0 Å². The van der Waals surface area contributed by atoms with Crippen LogP contribution in [0, 0.1) is 12.8 Å². The Balaban J connectivity index is 0.00000320. The topological polar surface area (TPSA) is 54.9 Å². The summed E-state index contributed by atoms with van der Waals surface area (Å²) in [5.41, 5.74) is 3.82. The molecular weight excluding hydrogens is 489 g/mol. The molecule has 2 aromatic rings. The maximum atomic E-state index is 6.13. The van der Waals surface area contributed by atoms with Gasteiger partial charge in [-0.15, -0.1) is 24.0 Å². The summed E-state index contributed by atoms with van der Waals surface area (Å²) in [5, 5.41) is 6.91. The first-order chi connectivity index (χ1) is 14.2. The van der Waals surface area contributed by atoms with Crippen molar-refractivity contribution in [2.45, 2.75) is 32.3 Å². The van der Waals surface area contributed by atoms with Crippen LogP contribution in [0.5, 0.6) is 5.75 Å². The monoisotopic (exact) mass is 523 g/mol. The summed E-state index contributed by atoms with van der Waals surface area (Å²) < 4.78 is 11.3. The van der Waals surface area contributed by atoms with Gasteiger partial charge in [0.05, 0.1) is 13.2 Å². The van der Waals surface area contributed by atoms with Crippen LogP contribution in [0.25, 0.3) is 0 Å². The first kappa shape index (κ1) is 24.5. The second-order valence-electron chi connectivity index (χ2n) is 7.58. The zero-order valence-electron chi connectivity index (χ0n) is 18.2. The van der Waals surface area contributed by atoms with Crippen LogP contribution in [0.3, 0.4) is 0 Å². The van der Waals surface area contributed by atoms with E-state index in [0.29, 0.717) is 5.92 Å². The summed E-state index contributed by atoms with van der Waals surface area (Å²) >= 11 is 0. The lowest BCUT2D eigenvalue weighted by atomic mass is 9.89. The molecule has 164 valence electrons. The number of benzene rings is 2. The number of aryl methyl sites for hydroxylation is 1. The van der Waals surface area contributed by atoms with E-state index in [1.807, 2.05) is 19.2 Å². The van der Waals surface area contributed by atoms with E-state index in [1.54, 1.807) is 7.11 Å². The van der Waals surface area contributed by atoms with Crippen molar-refractivity contribution in [1.29, 1.82) is 0 Å². The lowest BCUT2D eigenvalue weighted by Crippen LogP contribution is -2.42. The molecule has 2 aromatic carbocycles. The second-order valence-corrected chi connectivity index (χ2v) is 7.58. The Kier molecular flexibility index (Phi) is 10.4. The largest absolute Gasteiger partial charge is 0.497 e. The van der Waals surface area contributed by atoms with E-state index in [2.05, 4.69) is 58.9 Å². The number of ether oxygens (including phenoxy) is 2. The van der Waals surface area contributed by atoms with Gasteiger partial charge < -0.3 is 20.1 Å². The number of rotatable bonds is 7. The van der Waals surface area contributed by atoms with E-state index in [9.17, 15) is 0 Å². The molecule has 3 rings (SSSR count). The third kappa shape index (κ3) is 7.16. The van der Waals surface area contributed by atoms with E-state index in [4.69, 9.17) is 9.47 Å². The Labute approximate surface area is 197 Å². The Morgan fingerprint density at radius 2 is 1.83 bits per heavy atom. The van der Waals surface area contributed by atoms with Gasteiger partial charge in [0.2, 0.25) is 0 Å². The van der Waals surface area contributed by atoms with E-state index >= 15 is 0 Å². The maximum Gasteiger partial charge on any atom is 0.190 e. The summed E-state index contributed by atoms with van der Waals surface area (Å²) in [6.45, 7) is 4.63. The molecule has 0 radical (unpaired) electrons. The fraction of sp³-hybridized carbons (Fsp3) is 0.458. The highest BCUT2D eigenvalue weighted by Gasteiger charge is 2.27. The number of hydrogen-bond donors (Lipinski definition) is 2. The van der Waals surface area contributed by atoms with Gasteiger partial charge in [0, 0.05) is 32.7 Å². The zero-order chi connectivity index (χ0) is 20.5. The molecule has 0 saturated carbocycles. The highest BCUT2D eigenvalue weighted by atomic mass is 127. The Morgan fingerprint density at radius 3 is 2.50 bits per heavy atom. The third-order valence-corrected chi connectivity index (χ3v) is 5.47. The molecule has 2 unspecified atom stereocenters. The van der Waals surface area contributed by atoms with Crippen LogP contribution in [0.15, 0.2) is 53.5 Å². The molecule has 1 aliphatic heterocycles. The van der Waals surface area contributed by atoms with Gasteiger partial charge in [0.15, 0.2) is 5.96 Å². The first-order valence-corrected chi connectivity index (χ1v) is 10.4. The molecule has 0 amide bonds. The fourth-order valence-electron chi connectivity index (χ4n) is 3.74. The van der Waals surface area contributed by atoms with Gasteiger partial charge >= 0.3 is 0 Å². The van der Waals surface area contributed by atoms with Gasteiger partial charge in [-0.05, 0) is 49.4 Å². The fourth-order valence-corrected chi connectivity index (χ4v) is 3.74. The zero-order valence-corrected chi connectivity index (χ0v) is 20.5. The van der Waals surface area contributed by atoms with Crippen molar-refractivity contribution < 1.29 is 9.47 Å². The minimum atomic E-state index is 0. The highest BCUT2D eigenvalue weighted by Crippen LogP contribution is 2.33. The molecule has 2 N–H and O–H groups in total. The van der Waals surface area contributed by atoms with Crippen LogP contribution < -0.4 is 15.4 Å². The van der Waals surface area contributed by atoms with E-state index < -0.39 is 0 Å². The van der Waals surface area contributed by atoms with Crippen LogP contribution in [0.1, 0.15) is 35.6 Å². The molecular formula is C24H34IN3O2. The van der Waals surface area contributed by atoms with Gasteiger partial charge in [-0.1, -0.05) is 42.0 Å². The number of nitrogens with zero attached hydrogens (tertiary/aromatic N) is 1. The SMILES string of the molecule is CN=C(NCCc1ccc(OC)cc1)NCC1CCCOC1c1ccc(C)cc1.I. The summed E-state index contributed by atoms with van der Waals surface area (Å²) in [7, 11) is 3.50. The Hall–Kier alpha value is -1.80. The van der Waals surface area contributed by atoms with E-state index in [-0.39, 0.29) is 30.1 Å². The van der Waals surface area contributed by atoms with Crippen molar-refractivity contribution in [2.75, 3.05) is 33.9 Å². The lowest BCUT2D eigenvalue weighted by Gasteiger charge is -2.32. The maximum absolute atomic E-state index is 6.13. The summed E-state index contributed by atoms with van der Waals surface area (Å²) in [5.74, 6) is 2.16. The van der Waals surface area contributed by atoms with Crippen LogP contribution in [0.2, 0.25) is 0 Å². The molecule has 0 aromatic heterocycles. The van der Waals surface area contributed by atoms with Crippen molar-refractivity contribution in [1.82, 2.24) is 10.6 Å². The number of aliphatic imine (C=N–C) groups is 1. The Morgan fingerprint density at radius 1 is 1.10 bits per heavy atom. The number of nitrogens with one attached hydrogen (secondary N) is 2. The minimum absolute atomic E-state index is 0. The number of guanidine groups is 1. The first-order valence-electron chi connectivity index (χ1n) is 10.4. The van der Waals surface area contributed by atoms with Crippen molar-refractivity contribution >= 4 is 29.9 Å². The lowest BCUT2D eigenvalue weighted by molar-refractivity contribution is -0.0265. The van der Waals surface area contributed by atoms with Crippen molar-refractivity contribution in [3.05, 3.63) is 65.2 Å². The van der Waals surface area contributed by atoms with Crippen molar-refractivity contribution in [2.24, 2.45) is 10.9 Å². The average Bonchev–Trinajstić information content (AvgIpc) is 2.77. The molecule has 0 bridgehead atoms. The number of methoxy groups -OCH3 is 1. The smallest absolute Gasteiger partial charge is 0.190 e. The molecule has 1 fully saturated rings. The molecule has 2 atom stereocenters. The van der Waals surface area contributed by atoms with Gasteiger partial charge in [-0.3, -0.25) is 4.99 Å². The molecule has 0 spiro atoms. The second kappa shape index (κ2) is 12.8. The molecule has 1 saturated heterocycles. The Bertz CT molecular complexity index is 778. The molecule has 1 heterocycles. The molecule has 30 heavy (non-hydrogen) atoms. The van der Waals surface area contributed by atoms with Crippen LogP contribution in [-0.2, 0) is 11.2 Å². The molecule has 0 aliphatic carbocycles. The molecule has 6 heteroatoms. The van der Waals surface area contributed by atoms with Crippen LogP contribution in [0.4, 0.5) is 0 Å². The quantitative estimate of drug-likeness (QED) is 0.319. The van der Waals surface area contributed by atoms with Gasteiger partial charge in [-0.25, -0.2) is 0 Å². The minimum Gasteiger partial charge on any atom is -0.497 e. The van der Waals surface area contributed by atoms with Gasteiger partial charge in [0.1, 0.15) is 5.75 Å². The summed E-state index contributed by atoms with van der Waals surface area (Å²) in [6.07, 6.45) is 3.35. The standard InChI is InChI=1S/C24H33N3O2.HI/c1-18-6-10-20(11-7-18)23-21(5-4-16-29-23)17-27-24(25-2)26-15-14-19-8-12-22(28-3)13-9-19;/h6-13,21,23H,4-5,14-17H2,1-3H3,(H2,25,26,27);1H. The number of hydrogen-bond acceptors (Lipinski definition) is 3. The average molecular weight is 523 g/mol. The van der Waals surface area contributed by atoms with Crippen molar-refractivity contribution in [3.8, 4) is 5.75 Å². The summed E-state index contributed by atoms with van der Waals surface area (Å²) in [6, 6.07) is 16.9. The highest BCUT2D eigenvalue weighted by molar-refractivity contribution is 14.0. The predicted molar refractivity (Wildman–Crippen MR) is 134 cm³/mol. The normalized spacial score (nSPS) is 19.0. The van der Waals surface area contributed by atoms with Crippen LogP contribution >= 0.6 is 24.0 Å². The third-order valence-electron chi connectivity index (χ3n) is 5.47. The molecule has 5 nitrogen and oxygen atoms in total. The van der Waals surface area contributed by atoms with E-state index in [1.165, 1.54) is 16.7 Å². The summed E-state index contributed by atoms with van der Waals surface area (Å²) in [4.78, 5) is 4.37. The number of halogens is 1. The molecule has 1 aliphatic rings. The van der Waals surface area contributed by atoms with Gasteiger partial charge in [-0.2, -0.15) is 0 Å². The van der Waals surface area contributed by atoms with E-state index in [0.717, 1.165) is 50.7 Å². The van der Waals surface area contributed by atoms with Gasteiger partial charge in [0.25, 0.3) is 0 Å². The van der Waals surface area contributed by atoms with Crippen LogP contribution in [-0.4, -0.2) is 39.8 Å².